The maximum atomic E-state index is 2.40. The number of anilines is 1. The Bertz CT molecular complexity index is 590. The molecule has 3 rings (SSSR count). The van der Waals surface area contributed by atoms with Gasteiger partial charge in [-0.1, -0.05) is 43.2 Å². The quantitative estimate of drug-likeness (QED) is 0.654. The van der Waals surface area contributed by atoms with Gasteiger partial charge in [0.1, 0.15) is 0 Å². The van der Waals surface area contributed by atoms with Crippen LogP contribution in [0.25, 0.3) is 0 Å². The van der Waals surface area contributed by atoms with E-state index in [0.717, 1.165) is 0 Å². The van der Waals surface area contributed by atoms with Crippen LogP contribution in [0.4, 0.5) is 5.69 Å². The molecule has 0 fully saturated rings. The summed E-state index contributed by atoms with van der Waals surface area (Å²) in [6, 6.07) is 6.86. The minimum Gasteiger partial charge on any atom is -0.348 e. The lowest BCUT2D eigenvalue weighted by atomic mass is 9.65. The third kappa shape index (κ3) is 1.75. The number of aryl methyl sites for hydroxylation is 1. The van der Waals surface area contributed by atoms with Crippen LogP contribution >= 0.6 is 0 Å². The molecule has 1 atom stereocenters. The van der Waals surface area contributed by atoms with Crippen molar-refractivity contribution >= 4 is 5.69 Å². The summed E-state index contributed by atoms with van der Waals surface area (Å²) in [7, 11) is 2.21. The summed E-state index contributed by atoms with van der Waals surface area (Å²) in [5.41, 5.74) is 7.38. The van der Waals surface area contributed by atoms with Crippen LogP contribution in [0.5, 0.6) is 0 Å². The number of hydrogen-bond acceptors (Lipinski definition) is 1. The van der Waals surface area contributed by atoms with Gasteiger partial charge in [0.15, 0.2) is 0 Å². The van der Waals surface area contributed by atoms with E-state index in [1.165, 1.54) is 34.5 Å². The van der Waals surface area contributed by atoms with Crippen molar-refractivity contribution in [1.82, 2.24) is 0 Å². The van der Waals surface area contributed by atoms with Crippen molar-refractivity contribution in [1.29, 1.82) is 0 Å². The van der Waals surface area contributed by atoms with Gasteiger partial charge in [-0.2, -0.15) is 0 Å². The minimum absolute atomic E-state index is 0.204. The summed E-state index contributed by atoms with van der Waals surface area (Å²) in [6.45, 7) is 9.23. The molecule has 0 saturated heterocycles. The van der Waals surface area contributed by atoms with Gasteiger partial charge in [-0.25, -0.2) is 0 Å². The maximum absolute atomic E-state index is 2.40. The van der Waals surface area contributed by atoms with Gasteiger partial charge in [-0.05, 0) is 38.0 Å². The Hall–Kier alpha value is -1.50. The second-order valence-electron chi connectivity index (χ2n) is 6.66. The van der Waals surface area contributed by atoms with Gasteiger partial charge in [0, 0.05) is 29.8 Å². The molecule has 0 N–H and O–H groups in total. The molecule has 1 aliphatic carbocycles. The van der Waals surface area contributed by atoms with Crippen molar-refractivity contribution in [3.63, 3.8) is 0 Å². The van der Waals surface area contributed by atoms with E-state index in [1.807, 2.05) is 0 Å². The third-order valence-corrected chi connectivity index (χ3v) is 4.89. The molecule has 1 aliphatic heterocycles. The lowest BCUT2D eigenvalue weighted by molar-refractivity contribution is 0.341. The van der Waals surface area contributed by atoms with Crippen LogP contribution in [-0.4, -0.2) is 7.05 Å². The molecule has 0 spiro atoms. The van der Waals surface area contributed by atoms with E-state index in [9.17, 15) is 0 Å². The van der Waals surface area contributed by atoms with Gasteiger partial charge < -0.3 is 4.90 Å². The van der Waals surface area contributed by atoms with Crippen molar-refractivity contribution in [3.8, 4) is 0 Å². The van der Waals surface area contributed by atoms with Crippen molar-refractivity contribution in [2.45, 2.75) is 39.5 Å². The molecule has 1 nitrogen and oxygen atoms in total. The second kappa shape index (κ2) is 4.00. The van der Waals surface area contributed by atoms with Crippen LogP contribution in [0.3, 0.4) is 0 Å². The van der Waals surface area contributed by atoms with Crippen LogP contribution in [0.1, 0.15) is 38.3 Å². The Kier molecular flexibility index (Phi) is 2.63. The highest BCUT2D eigenvalue weighted by Crippen LogP contribution is 2.50. The number of hydrogen-bond donors (Lipinski definition) is 0. The van der Waals surface area contributed by atoms with E-state index < -0.39 is 0 Å². The first-order valence-electron chi connectivity index (χ1n) is 7.13. The highest BCUT2D eigenvalue weighted by molar-refractivity contribution is 5.66. The number of rotatable bonds is 0. The lowest BCUT2D eigenvalue weighted by Gasteiger charge is -2.48. The molecule has 19 heavy (non-hydrogen) atoms. The highest BCUT2D eigenvalue weighted by atomic mass is 15.1. The van der Waals surface area contributed by atoms with Crippen LogP contribution in [-0.2, 0) is 5.41 Å². The van der Waals surface area contributed by atoms with Gasteiger partial charge in [0.05, 0.1) is 0 Å². The summed E-state index contributed by atoms with van der Waals surface area (Å²) < 4.78 is 0. The van der Waals surface area contributed by atoms with Crippen LogP contribution in [0.15, 0.2) is 41.6 Å². The van der Waals surface area contributed by atoms with Crippen LogP contribution in [0.2, 0.25) is 0 Å². The van der Waals surface area contributed by atoms with E-state index in [4.69, 9.17) is 0 Å². The highest BCUT2D eigenvalue weighted by Gasteiger charge is 2.42. The molecule has 1 heteroatoms. The molecule has 1 heterocycles. The van der Waals surface area contributed by atoms with Crippen molar-refractivity contribution in [2.24, 2.45) is 5.92 Å². The molecule has 1 aromatic rings. The van der Waals surface area contributed by atoms with Gasteiger partial charge in [-0.15, -0.1) is 0 Å². The van der Waals surface area contributed by atoms with Crippen molar-refractivity contribution < 1.29 is 0 Å². The van der Waals surface area contributed by atoms with Crippen LogP contribution < -0.4 is 4.90 Å². The van der Waals surface area contributed by atoms with Crippen molar-refractivity contribution in [3.05, 3.63) is 52.7 Å². The monoisotopic (exact) mass is 253 g/mol. The summed E-state index contributed by atoms with van der Waals surface area (Å²) in [5.74, 6) is 0.594. The fourth-order valence-electron chi connectivity index (χ4n) is 3.59. The summed E-state index contributed by atoms with van der Waals surface area (Å²) in [4.78, 5) is 2.38. The fraction of sp³-hybridized carbons (Fsp3) is 0.444. The van der Waals surface area contributed by atoms with Gasteiger partial charge >= 0.3 is 0 Å². The first-order valence-corrected chi connectivity index (χ1v) is 7.13. The summed E-state index contributed by atoms with van der Waals surface area (Å²) in [5, 5.41) is 0. The van der Waals surface area contributed by atoms with E-state index in [0.29, 0.717) is 5.92 Å². The zero-order valence-corrected chi connectivity index (χ0v) is 12.6. The van der Waals surface area contributed by atoms with Gasteiger partial charge in [-0.3, -0.25) is 0 Å². The largest absolute Gasteiger partial charge is 0.348 e. The molecule has 100 valence electrons. The first kappa shape index (κ1) is 12.5. The lowest BCUT2D eigenvalue weighted by Crippen LogP contribution is -2.42. The molecule has 0 aromatic heterocycles. The molecular weight excluding hydrogens is 230 g/mol. The minimum atomic E-state index is 0.204. The fourth-order valence-corrected chi connectivity index (χ4v) is 3.59. The average molecular weight is 253 g/mol. The third-order valence-electron chi connectivity index (χ3n) is 4.89. The normalized spacial score (nSPS) is 24.3. The molecule has 1 aromatic carbocycles. The topological polar surface area (TPSA) is 3.24 Å². The second-order valence-corrected chi connectivity index (χ2v) is 6.66. The SMILES string of the molecule is CC1=CC=C2C(C1)C(C)(C)c1cc(C)ccc1N2C. The zero-order valence-electron chi connectivity index (χ0n) is 12.6. The Morgan fingerprint density at radius 2 is 1.89 bits per heavy atom. The summed E-state index contributed by atoms with van der Waals surface area (Å²) >= 11 is 0. The molecule has 1 unspecified atom stereocenters. The Labute approximate surface area is 116 Å². The number of fused-ring (bicyclic) bond motifs is 2. The Morgan fingerprint density at radius 1 is 1.16 bits per heavy atom. The molecule has 0 saturated carbocycles. The maximum Gasteiger partial charge on any atom is 0.0444 e. The van der Waals surface area contributed by atoms with Crippen LogP contribution in [0, 0.1) is 12.8 Å². The van der Waals surface area contributed by atoms with Crippen molar-refractivity contribution in [2.75, 3.05) is 11.9 Å². The average Bonchev–Trinajstić information content (AvgIpc) is 2.36. The molecule has 0 amide bonds. The summed E-state index contributed by atoms with van der Waals surface area (Å²) in [6.07, 6.45) is 5.77. The molecule has 2 aliphatic rings. The van der Waals surface area contributed by atoms with Gasteiger partial charge in [0.2, 0.25) is 0 Å². The Balaban J connectivity index is 2.23. The van der Waals surface area contributed by atoms with E-state index in [-0.39, 0.29) is 5.41 Å². The smallest absolute Gasteiger partial charge is 0.0444 e. The van der Waals surface area contributed by atoms with E-state index in [1.54, 1.807) is 0 Å². The first-order chi connectivity index (χ1) is 8.91. The zero-order chi connectivity index (χ0) is 13.8. The van der Waals surface area contributed by atoms with E-state index >= 15 is 0 Å². The predicted molar refractivity (Wildman–Crippen MR) is 82.6 cm³/mol. The predicted octanol–water partition coefficient (Wildman–Crippen LogP) is 4.57. The Morgan fingerprint density at radius 3 is 2.63 bits per heavy atom. The molecule has 0 bridgehead atoms. The number of allylic oxidation sites excluding steroid dienone is 4. The van der Waals surface area contributed by atoms with E-state index in [2.05, 4.69) is 70.0 Å². The molecular formula is C18H23N. The number of benzene rings is 1. The van der Waals surface area contributed by atoms with Gasteiger partial charge in [0.25, 0.3) is 0 Å². The molecule has 0 radical (unpaired) electrons. The standard InChI is InChI=1S/C18H23N/c1-12-6-8-16-14(10-12)18(3,4)15-11-13(2)7-9-17(15)19(16)5/h6-10,15H,11H2,1-5H3. The number of nitrogens with zero attached hydrogens (tertiary/aromatic N) is 1.